The van der Waals surface area contributed by atoms with Crippen molar-refractivity contribution >= 4 is 28.0 Å². The molecule has 0 unspecified atom stereocenters. The number of benzene rings is 1. The van der Waals surface area contributed by atoms with Crippen molar-refractivity contribution in [1.82, 2.24) is 4.98 Å². The number of hydrogen-bond donors (Lipinski definition) is 1. The molecule has 0 amide bonds. The number of halogens is 4. The van der Waals surface area contributed by atoms with Gasteiger partial charge in [0.15, 0.2) is 29.0 Å². The zero-order valence-corrected chi connectivity index (χ0v) is 11.4. The van der Waals surface area contributed by atoms with E-state index in [0.717, 1.165) is 11.3 Å². The monoisotopic (exact) mass is 320 g/mol. The molecule has 2 rings (SSSR count). The smallest absolute Gasteiger partial charge is 0.360 e. The fraction of sp³-hybridized carbons (Fsp3) is 0.167. The largest absolute Gasteiger partial charge is 0.461 e. The van der Waals surface area contributed by atoms with Gasteiger partial charge in [-0.2, -0.15) is 0 Å². The zero-order chi connectivity index (χ0) is 15.6. The van der Waals surface area contributed by atoms with E-state index in [9.17, 15) is 22.4 Å². The summed E-state index contributed by atoms with van der Waals surface area (Å²) < 4.78 is 58.0. The van der Waals surface area contributed by atoms with E-state index in [2.05, 4.69) is 10.3 Å². The van der Waals surface area contributed by atoms with Gasteiger partial charge in [0.2, 0.25) is 0 Å². The van der Waals surface area contributed by atoms with Gasteiger partial charge in [0.25, 0.3) is 0 Å². The van der Waals surface area contributed by atoms with Gasteiger partial charge in [0.1, 0.15) is 10.7 Å². The maximum Gasteiger partial charge on any atom is 0.360 e. The molecule has 1 N–H and O–H groups in total. The van der Waals surface area contributed by atoms with Crippen molar-refractivity contribution in [3.63, 3.8) is 0 Å². The molecule has 1 aromatic carbocycles. The number of carbonyl (C=O) groups is 1. The van der Waals surface area contributed by atoms with Gasteiger partial charge in [-0.05, 0) is 6.92 Å². The second-order valence-electron chi connectivity index (χ2n) is 3.72. The van der Waals surface area contributed by atoms with Crippen LogP contribution in [-0.2, 0) is 4.74 Å². The van der Waals surface area contributed by atoms with Gasteiger partial charge in [-0.1, -0.05) is 0 Å². The maximum absolute atomic E-state index is 13.5. The predicted molar refractivity (Wildman–Crippen MR) is 67.6 cm³/mol. The molecule has 0 aliphatic carbocycles. The van der Waals surface area contributed by atoms with Gasteiger partial charge >= 0.3 is 5.97 Å². The van der Waals surface area contributed by atoms with E-state index in [1.807, 2.05) is 0 Å². The highest BCUT2D eigenvalue weighted by Gasteiger charge is 2.23. The van der Waals surface area contributed by atoms with Gasteiger partial charge < -0.3 is 10.1 Å². The van der Waals surface area contributed by atoms with E-state index < -0.39 is 34.9 Å². The molecule has 0 saturated carbocycles. The molecule has 0 spiro atoms. The van der Waals surface area contributed by atoms with Crippen LogP contribution in [0.15, 0.2) is 11.6 Å². The van der Waals surface area contributed by atoms with Gasteiger partial charge in [0, 0.05) is 6.07 Å². The fourth-order valence-corrected chi connectivity index (χ4v) is 2.15. The van der Waals surface area contributed by atoms with Crippen molar-refractivity contribution in [2.75, 3.05) is 11.9 Å². The van der Waals surface area contributed by atoms with Gasteiger partial charge in [0.05, 0.1) is 12.1 Å². The molecule has 0 bridgehead atoms. The van der Waals surface area contributed by atoms with Crippen molar-refractivity contribution in [2.24, 2.45) is 0 Å². The number of esters is 1. The lowest BCUT2D eigenvalue weighted by Crippen LogP contribution is -2.09. The van der Waals surface area contributed by atoms with E-state index in [-0.39, 0.29) is 23.4 Å². The Morgan fingerprint density at radius 2 is 1.90 bits per heavy atom. The molecule has 0 saturated heterocycles. The van der Waals surface area contributed by atoms with Crippen LogP contribution in [0, 0.1) is 23.3 Å². The minimum atomic E-state index is -1.60. The van der Waals surface area contributed by atoms with Crippen molar-refractivity contribution in [3.8, 4) is 0 Å². The molecular formula is C12H8F4N2O2S. The topological polar surface area (TPSA) is 51.2 Å². The molecule has 0 atom stereocenters. The Morgan fingerprint density at radius 1 is 1.29 bits per heavy atom. The number of anilines is 2. The van der Waals surface area contributed by atoms with E-state index in [1.54, 1.807) is 6.92 Å². The number of nitrogens with zero attached hydrogens (tertiary/aromatic N) is 1. The van der Waals surface area contributed by atoms with Crippen LogP contribution >= 0.6 is 11.3 Å². The summed E-state index contributed by atoms with van der Waals surface area (Å²) in [4.78, 5) is 15.3. The lowest BCUT2D eigenvalue weighted by atomic mass is 10.2. The normalized spacial score (nSPS) is 10.5. The van der Waals surface area contributed by atoms with Crippen LogP contribution in [0.2, 0.25) is 0 Å². The molecule has 21 heavy (non-hydrogen) atoms. The first-order valence-electron chi connectivity index (χ1n) is 5.66. The summed E-state index contributed by atoms with van der Waals surface area (Å²) in [6.45, 7) is 1.64. The Bertz CT molecular complexity index is 664. The quantitative estimate of drug-likeness (QED) is 0.531. The van der Waals surface area contributed by atoms with Gasteiger partial charge in [-0.3, -0.25) is 0 Å². The Balaban J connectivity index is 2.40. The fourth-order valence-electron chi connectivity index (χ4n) is 1.48. The third kappa shape index (κ3) is 2.97. The highest BCUT2D eigenvalue weighted by Crippen LogP contribution is 2.31. The number of hydrogen-bond acceptors (Lipinski definition) is 5. The molecule has 0 aliphatic heterocycles. The highest BCUT2D eigenvalue weighted by molar-refractivity contribution is 7.14. The molecule has 112 valence electrons. The summed E-state index contributed by atoms with van der Waals surface area (Å²) >= 11 is 0.826. The van der Waals surface area contributed by atoms with Crippen LogP contribution < -0.4 is 5.32 Å². The summed E-state index contributed by atoms with van der Waals surface area (Å²) in [6.07, 6.45) is 0. The minimum absolute atomic E-state index is 0.0765. The van der Waals surface area contributed by atoms with E-state index >= 15 is 0 Å². The average Bonchev–Trinajstić information content (AvgIpc) is 2.90. The van der Waals surface area contributed by atoms with Crippen LogP contribution in [0.4, 0.5) is 28.3 Å². The molecule has 0 radical (unpaired) electrons. The SMILES string of the molecule is CCOC(=O)c1ncsc1Nc1c(F)c(F)cc(F)c1F. The Morgan fingerprint density at radius 3 is 2.48 bits per heavy atom. The lowest BCUT2D eigenvalue weighted by molar-refractivity contribution is 0.0521. The molecule has 1 aromatic heterocycles. The number of rotatable bonds is 4. The summed E-state index contributed by atoms with van der Waals surface area (Å²) in [7, 11) is 0. The second-order valence-corrected chi connectivity index (χ2v) is 4.57. The number of aromatic nitrogens is 1. The van der Waals surface area contributed by atoms with Gasteiger partial charge in [-0.15, -0.1) is 11.3 Å². The van der Waals surface area contributed by atoms with Gasteiger partial charge in [-0.25, -0.2) is 27.3 Å². The van der Waals surface area contributed by atoms with Crippen molar-refractivity contribution in [3.05, 3.63) is 40.5 Å². The van der Waals surface area contributed by atoms with Crippen LogP contribution in [0.3, 0.4) is 0 Å². The number of ether oxygens (including phenoxy) is 1. The van der Waals surface area contributed by atoms with E-state index in [4.69, 9.17) is 4.74 Å². The Labute approximate surface area is 120 Å². The van der Waals surface area contributed by atoms with E-state index in [1.165, 1.54) is 5.51 Å². The van der Waals surface area contributed by atoms with Crippen molar-refractivity contribution < 1.29 is 27.1 Å². The lowest BCUT2D eigenvalue weighted by Gasteiger charge is -2.09. The van der Waals surface area contributed by atoms with Crippen molar-refractivity contribution in [2.45, 2.75) is 6.92 Å². The minimum Gasteiger partial charge on any atom is -0.461 e. The molecule has 1 heterocycles. The second kappa shape index (κ2) is 6.08. The highest BCUT2D eigenvalue weighted by atomic mass is 32.1. The number of carbonyl (C=O) groups excluding carboxylic acids is 1. The van der Waals surface area contributed by atoms with Crippen LogP contribution in [0.25, 0.3) is 0 Å². The standard InChI is InChI=1S/C12H8F4N2O2S/c1-2-20-12(19)10-11(21-4-17-10)18-9-7(15)5(13)3-6(14)8(9)16/h3-4,18H,2H2,1H3. The maximum atomic E-state index is 13.5. The molecular weight excluding hydrogens is 312 g/mol. The zero-order valence-electron chi connectivity index (χ0n) is 10.5. The van der Waals surface area contributed by atoms with Crippen LogP contribution in [0.1, 0.15) is 17.4 Å². The molecule has 0 aliphatic rings. The van der Waals surface area contributed by atoms with E-state index in [0.29, 0.717) is 0 Å². The molecule has 2 aromatic rings. The molecule has 0 fully saturated rings. The summed E-state index contributed by atoms with van der Waals surface area (Å²) in [6, 6.07) is 0.0920. The Hall–Kier alpha value is -2.16. The average molecular weight is 320 g/mol. The first-order valence-corrected chi connectivity index (χ1v) is 6.54. The summed E-state index contributed by atoms with van der Waals surface area (Å²) in [5.41, 5.74) is -0.0485. The molecule has 9 heteroatoms. The van der Waals surface area contributed by atoms with Crippen molar-refractivity contribution in [1.29, 1.82) is 0 Å². The first-order chi connectivity index (χ1) is 9.95. The van der Waals surface area contributed by atoms with Crippen LogP contribution in [-0.4, -0.2) is 17.6 Å². The molecule has 4 nitrogen and oxygen atoms in total. The number of thiazole rings is 1. The summed E-state index contributed by atoms with van der Waals surface area (Å²) in [5, 5.41) is 2.05. The third-order valence-corrected chi connectivity index (χ3v) is 3.13. The number of nitrogens with one attached hydrogen (secondary N) is 1. The Kier molecular flexibility index (Phi) is 4.41. The van der Waals surface area contributed by atoms with Crippen LogP contribution in [0.5, 0.6) is 0 Å². The summed E-state index contributed by atoms with van der Waals surface area (Å²) in [5.74, 6) is -7.13. The first kappa shape index (κ1) is 15.2. The predicted octanol–water partition coefficient (Wildman–Crippen LogP) is 3.62. The third-order valence-electron chi connectivity index (χ3n) is 2.39.